The number of anilines is 1. The van der Waals surface area contributed by atoms with E-state index in [-0.39, 0.29) is 23.3 Å². The van der Waals surface area contributed by atoms with Gasteiger partial charge in [-0.3, -0.25) is 4.79 Å². The highest BCUT2D eigenvalue weighted by molar-refractivity contribution is 7.89. The minimum absolute atomic E-state index is 0.137. The van der Waals surface area contributed by atoms with Crippen LogP contribution in [-0.2, 0) is 10.0 Å². The number of hydrogen-bond acceptors (Lipinski definition) is 4. The molecule has 0 radical (unpaired) electrons. The van der Waals surface area contributed by atoms with Gasteiger partial charge in [0.15, 0.2) is 0 Å². The summed E-state index contributed by atoms with van der Waals surface area (Å²) in [4.78, 5) is 13.0. The number of carbonyl (C=O) groups is 1. The molecule has 3 aromatic rings. The van der Waals surface area contributed by atoms with Gasteiger partial charge in [-0.05, 0) is 49.4 Å². The van der Waals surface area contributed by atoms with Crippen LogP contribution in [0.1, 0.15) is 48.0 Å². The van der Waals surface area contributed by atoms with Gasteiger partial charge >= 0.3 is 0 Å². The van der Waals surface area contributed by atoms with Gasteiger partial charge in [0.05, 0.1) is 11.5 Å². The van der Waals surface area contributed by atoms with Crippen LogP contribution in [-0.4, -0.2) is 32.1 Å². The van der Waals surface area contributed by atoms with E-state index in [1.54, 1.807) is 30.3 Å². The molecule has 1 amide bonds. The average molecular weight is 467 g/mol. The van der Waals surface area contributed by atoms with E-state index in [9.17, 15) is 18.3 Å². The number of sulfonamides is 1. The molecule has 1 aliphatic carbocycles. The van der Waals surface area contributed by atoms with Gasteiger partial charge in [0, 0.05) is 28.1 Å². The number of fused-ring (bicyclic) bond motifs is 1. The fraction of sp³-hybridized carbons (Fsp3) is 0.346. The highest BCUT2D eigenvalue weighted by atomic mass is 32.2. The standard InChI is InChI=1S/C26H30N2O4S/c1-18-9-5-6-12-20(18)26(30)27-23-15-16-25(22-14-8-7-13-21(22)23)33(31,32)28-24(17-29)19-10-3-2-4-11-19/h5-9,12-16,19,24,28-29H,2-4,10-11,17H2,1H3,(H,27,30). The molecule has 0 spiro atoms. The molecule has 0 bridgehead atoms. The molecule has 4 rings (SSSR count). The number of benzene rings is 3. The molecule has 1 fully saturated rings. The predicted molar refractivity (Wildman–Crippen MR) is 131 cm³/mol. The van der Waals surface area contributed by atoms with E-state index in [1.165, 1.54) is 6.07 Å². The molecule has 1 aliphatic rings. The number of rotatable bonds is 7. The van der Waals surface area contributed by atoms with E-state index in [1.807, 2.05) is 31.2 Å². The van der Waals surface area contributed by atoms with Crippen LogP contribution in [0.15, 0.2) is 65.6 Å². The van der Waals surface area contributed by atoms with Crippen molar-refractivity contribution in [3.63, 3.8) is 0 Å². The average Bonchev–Trinajstić information content (AvgIpc) is 2.83. The summed E-state index contributed by atoms with van der Waals surface area (Å²) in [7, 11) is -3.87. The minimum Gasteiger partial charge on any atom is -0.395 e. The van der Waals surface area contributed by atoms with Gasteiger partial charge in [0.25, 0.3) is 5.91 Å². The van der Waals surface area contributed by atoms with Crippen molar-refractivity contribution in [3.05, 3.63) is 71.8 Å². The summed E-state index contributed by atoms with van der Waals surface area (Å²) in [5.41, 5.74) is 1.97. The lowest BCUT2D eigenvalue weighted by Crippen LogP contribution is -2.43. The second-order valence-corrected chi connectivity index (χ2v) is 10.4. The fourth-order valence-electron chi connectivity index (χ4n) is 4.71. The van der Waals surface area contributed by atoms with Crippen LogP contribution in [0.2, 0.25) is 0 Å². The quantitative estimate of drug-likeness (QED) is 0.473. The number of aryl methyl sites for hydroxylation is 1. The Bertz CT molecular complexity index is 1250. The van der Waals surface area contributed by atoms with E-state index in [0.717, 1.165) is 37.7 Å². The first-order valence-corrected chi connectivity index (χ1v) is 12.9. The lowest BCUT2D eigenvalue weighted by Gasteiger charge is -2.29. The molecule has 1 unspecified atom stereocenters. The van der Waals surface area contributed by atoms with Crippen LogP contribution < -0.4 is 10.0 Å². The molecular weight excluding hydrogens is 436 g/mol. The van der Waals surface area contributed by atoms with Crippen LogP contribution >= 0.6 is 0 Å². The van der Waals surface area contributed by atoms with E-state index < -0.39 is 16.1 Å². The Morgan fingerprint density at radius 1 is 0.970 bits per heavy atom. The van der Waals surface area contributed by atoms with Crippen molar-refractivity contribution in [3.8, 4) is 0 Å². The maximum Gasteiger partial charge on any atom is 0.255 e. The Morgan fingerprint density at radius 2 is 1.64 bits per heavy atom. The number of amides is 1. The predicted octanol–water partition coefficient (Wildman–Crippen LogP) is 4.62. The van der Waals surface area contributed by atoms with E-state index >= 15 is 0 Å². The summed E-state index contributed by atoms with van der Waals surface area (Å²) < 4.78 is 29.4. The smallest absolute Gasteiger partial charge is 0.255 e. The SMILES string of the molecule is Cc1ccccc1C(=O)Nc1ccc(S(=O)(=O)NC(CO)C2CCCCC2)c2ccccc12. The maximum atomic E-state index is 13.3. The normalized spacial score (nSPS) is 15.9. The zero-order valence-electron chi connectivity index (χ0n) is 18.8. The lowest BCUT2D eigenvalue weighted by atomic mass is 9.84. The second-order valence-electron chi connectivity index (χ2n) is 8.73. The van der Waals surface area contributed by atoms with Crippen molar-refractivity contribution in [2.45, 2.75) is 50.0 Å². The van der Waals surface area contributed by atoms with Gasteiger partial charge in [0.1, 0.15) is 0 Å². The van der Waals surface area contributed by atoms with E-state index in [4.69, 9.17) is 0 Å². The molecule has 3 N–H and O–H groups in total. The van der Waals surface area contributed by atoms with Crippen LogP contribution in [0, 0.1) is 12.8 Å². The highest BCUT2D eigenvalue weighted by Gasteiger charge is 2.29. The lowest BCUT2D eigenvalue weighted by molar-refractivity contribution is 0.102. The van der Waals surface area contributed by atoms with Gasteiger partial charge in [-0.1, -0.05) is 61.7 Å². The van der Waals surface area contributed by atoms with Crippen LogP contribution in [0.4, 0.5) is 5.69 Å². The number of nitrogens with one attached hydrogen (secondary N) is 2. The molecule has 0 aliphatic heterocycles. The minimum atomic E-state index is -3.87. The largest absolute Gasteiger partial charge is 0.395 e. The first-order valence-electron chi connectivity index (χ1n) is 11.4. The van der Waals surface area contributed by atoms with Crippen LogP contribution in [0.25, 0.3) is 10.8 Å². The van der Waals surface area contributed by atoms with Crippen molar-refractivity contribution >= 4 is 32.4 Å². The molecule has 7 heteroatoms. The zero-order chi connectivity index (χ0) is 23.4. The summed E-state index contributed by atoms with van der Waals surface area (Å²) in [5, 5.41) is 14.0. The third-order valence-electron chi connectivity index (χ3n) is 6.53. The molecule has 1 saturated carbocycles. The summed E-state index contributed by atoms with van der Waals surface area (Å²) in [5.74, 6) is -0.109. The molecule has 6 nitrogen and oxygen atoms in total. The van der Waals surface area contributed by atoms with Crippen molar-refractivity contribution in [2.24, 2.45) is 5.92 Å². The van der Waals surface area contributed by atoms with Gasteiger partial charge in [0.2, 0.25) is 10.0 Å². The molecule has 0 saturated heterocycles. The van der Waals surface area contributed by atoms with Crippen LogP contribution in [0.5, 0.6) is 0 Å². The Balaban J connectivity index is 1.65. The monoisotopic (exact) mass is 466 g/mol. The Hall–Kier alpha value is -2.74. The highest BCUT2D eigenvalue weighted by Crippen LogP contribution is 2.32. The number of hydrogen-bond donors (Lipinski definition) is 3. The first kappa shape index (κ1) is 23.4. The molecule has 1 atom stereocenters. The second kappa shape index (κ2) is 10.0. The number of aliphatic hydroxyl groups excluding tert-OH is 1. The van der Waals surface area contributed by atoms with E-state index in [2.05, 4.69) is 10.0 Å². The third-order valence-corrected chi connectivity index (χ3v) is 8.08. The number of aliphatic hydroxyl groups is 1. The van der Waals surface area contributed by atoms with E-state index in [0.29, 0.717) is 22.0 Å². The van der Waals surface area contributed by atoms with Crippen molar-refractivity contribution in [2.75, 3.05) is 11.9 Å². The summed E-state index contributed by atoms with van der Waals surface area (Å²) in [6.07, 6.45) is 5.10. The summed E-state index contributed by atoms with van der Waals surface area (Å²) in [6.45, 7) is 1.64. The Kier molecular flexibility index (Phi) is 7.12. The van der Waals surface area contributed by atoms with Crippen molar-refractivity contribution < 1.29 is 18.3 Å². The van der Waals surface area contributed by atoms with Crippen molar-refractivity contribution in [1.82, 2.24) is 4.72 Å². The molecule has 3 aromatic carbocycles. The van der Waals surface area contributed by atoms with Gasteiger partial charge in [-0.15, -0.1) is 0 Å². The Morgan fingerprint density at radius 3 is 2.33 bits per heavy atom. The molecule has 174 valence electrons. The van der Waals surface area contributed by atoms with Crippen LogP contribution in [0.3, 0.4) is 0 Å². The summed E-state index contributed by atoms with van der Waals surface area (Å²) in [6, 6.07) is 17.1. The van der Waals surface area contributed by atoms with Gasteiger partial charge in [-0.2, -0.15) is 0 Å². The van der Waals surface area contributed by atoms with Crippen molar-refractivity contribution in [1.29, 1.82) is 0 Å². The zero-order valence-corrected chi connectivity index (χ0v) is 19.6. The van der Waals surface area contributed by atoms with Gasteiger partial charge < -0.3 is 10.4 Å². The molecule has 0 aromatic heterocycles. The first-order chi connectivity index (χ1) is 15.9. The summed E-state index contributed by atoms with van der Waals surface area (Å²) >= 11 is 0. The Labute approximate surface area is 195 Å². The van der Waals surface area contributed by atoms with Gasteiger partial charge in [-0.25, -0.2) is 13.1 Å². The fourth-order valence-corrected chi connectivity index (χ4v) is 6.22. The molecular formula is C26H30N2O4S. The molecule has 0 heterocycles. The molecule has 33 heavy (non-hydrogen) atoms. The topological polar surface area (TPSA) is 95.5 Å². The maximum absolute atomic E-state index is 13.3. The number of carbonyl (C=O) groups excluding carboxylic acids is 1. The third kappa shape index (κ3) is 5.11.